The van der Waals surface area contributed by atoms with E-state index in [4.69, 9.17) is 16.3 Å². The molecular weight excluding hydrogens is 264 g/mol. The van der Waals surface area contributed by atoms with Gasteiger partial charge in [-0.05, 0) is 25.0 Å². The van der Waals surface area contributed by atoms with Crippen LogP contribution in [0.5, 0.6) is 5.75 Å². The summed E-state index contributed by atoms with van der Waals surface area (Å²) in [7, 11) is 1.63. The van der Waals surface area contributed by atoms with Crippen LogP contribution in [0.1, 0.15) is 18.4 Å². The Kier molecular flexibility index (Phi) is 5.05. The van der Waals surface area contributed by atoms with Crippen LogP contribution >= 0.6 is 11.6 Å². The van der Waals surface area contributed by atoms with E-state index >= 15 is 0 Å². The first-order valence-corrected chi connectivity index (χ1v) is 6.90. The molecule has 1 aliphatic carbocycles. The predicted molar refractivity (Wildman–Crippen MR) is 75.4 cm³/mol. The number of ether oxygens (including phenoxy) is 1. The maximum absolute atomic E-state index is 11.4. The molecule has 5 heteroatoms. The lowest BCUT2D eigenvalue weighted by molar-refractivity contribution is -0.122. The second-order valence-electron chi connectivity index (χ2n) is 4.66. The van der Waals surface area contributed by atoms with Crippen LogP contribution < -0.4 is 15.4 Å². The molecule has 0 atom stereocenters. The van der Waals surface area contributed by atoms with Gasteiger partial charge >= 0.3 is 0 Å². The highest BCUT2D eigenvalue weighted by atomic mass is 35.5. The number of halogens is 1. The van der Waals surface area contributed by atoms with Crippen LogP contribution in [0.3, 0.4) is 0 Å². The first kappa shape index (κ1) is 14.2. The zero-order valence-corrected chi connectivity index (χ0v) is 11.8. The Labute approximate surface area is 118 Å². The number of carbonyl (C=O) groups is 1. The molecular formula is C14H19ClN2O2. The van der Waals surface area contributed by atoms with Gasteiger partial charge in [0.2, 0.25) is 5.91 Å². The normalized spacial score (nSPS) is 14.2. The third-order valence-electron chi connectivity index (χ3n) is 3.15. The molecule has 4 nitrogen and oxygen atoms in total. The van der Waals surface area contributed by atoms with Crippen molar-refractivity contribution in [1.29, 1.82) is 0 Å². The minimum atomic E-state index is 0.178. The second-order valence-corrected chi connectivity index (χ2v) is 5.07. The average Bonchev–Trinajstić information content (AvgIpc) is 3.24. The minimum Gasteiger partial charge on any atom is -0.496 e. The van der Waals surface area contributed by atoms with E-state index in [9.17, 15) is 4.79 Å². The number of nitrogens with one attached hydrogen (secondary N) is 2. The molecule has 0 bridgehead atoms. The van der Waals surface area contributed by atoms with Gasteiger partial charge in [-0.3, -0.25) is 4.79 Å². The van der Waals surface area contributed by atoms with Gasteiger partial charge < -0.3 is 15.4 Å². The fourth-order valence-corrected chi connectivity index (χ4v) is 2.11. The highest BCUT2D eigenvalue weighted by Gasteiger charge is 2.28. The molecule has 1 aliphatic rings. The van der Waals surface area contributed by atoms with Crippen molar-refractivity contribution in [2.75, 3.05) is 20.2 Å². The molecule has 2 N–H and O–H groups in total. The van der Waals surface area contributed by atoms with E-state index < -0.39 is 0 Å². The molecule has 19 heavy (non-hydrogen) atoms. The van der Waals surface area contributed by atoms with Crippen LogP contribution in [0, 0.1) is 5.92 Å². The van der Waals surface area contributed by atoms with Crippen molar-refractivity contribution >= 4 is 17.5 Å². The lowest BCUT2D eigenvalue weighted by Crippen LogP contribution is -2.32. The molecule has 0 aromatic heterocycles. The van der Waals surface area contributed by atoms with E-state index in [0.717, 1.165) is 24.2 Å². The Hall–Kier alpha value is -1.26. The molecule has 0 spiro atoms. The summed E-state index contributed by atoms with van der Waals surface area (Å²) in [6.07, 6.45) is 2.08. The fourth-order valence-electron chi connectivity index (χ4n) is 1.88. The van der Waals surface area contributed by atoms with Crippen LogP contribution in [0.2, 0.25) is 5.02 Å². The van der Waals surface area contributed by atoms with Crippen molar-refractivity contribution < 1.29 is 9.53 Å². The molecule has 0 saturated heterocycles. The van der Waals surface area contributed by atoms with Gasteiger partial charge in [0.15, 0.2) is 0 Å². The van der Waals surface area contributed by atoms with Gasteiger partial charge in [0.1, 0.15) is 5.75 Å². The van der Waals surface area contributed by atoms with Gasteiger partial charge in [-0.1, -0.05) is 17.7 Å². The topological polar surface area (TPSA) is 50.4 Å². The Morgan fingerprint density at radius 1 is 1.42 bits per heavy atom. The average molecular weight is 283 g/mol. The molecule has 0 unspecified atom stereocenters. The number of hydrogen-bond donors (Lipinski definition) is 2. The standard InChI is InChI=1S/C14H19ClN2O2/c1-19-13-4-2-3-12(15)11(13)9-16-7-8-17-14(18)10-5-6-10/h2-4,10,16H,5-9H2,1H3,(H,17,18). The number of rotatable bonds is 7. The Bertz CT molecular complexity index is 447. The third-order valence-corrected chi connectivity index (χ3v) is 3.50. The van der Waals surface area contributed by atoms with E-state index in [-0.39, 0.29) is 11.8 Å². The van der Waals surface area contributed by atoms with E-state index in [0.29, 0.717) is 24.7 Å². The summed E-state index contributed by atoms with van der Waals surface area (Å²) in [6, 6.07) is 5.59. The minimum absolute atomic E-state index is 0.178. The van der Waals surface area contributed by atoms with Crippen molar-refractivity contribution in [1.82, 2.24) is 10.6 Å². The summed E-state index contributed by atoms with van der Waals surface area (Å²) in [5.74, 6) is 1.22. The van der Waals surface area contributed by atoms with Crippen molar-refractivity contribution in [2.45, 2.75) is 19.4 Å². The molecule has 0 heterocycles. The number of amides is 1. The zero-order valence-electron chi connectivity index (χ0n) is 11.0. The highest BCUT2D eigenvalue weighted by molar-refractivity contribution is 6.31. The first-order chi connectivity index (χ1) is 9.22. The number of benzene rings is 1. The van der Waals surface area contributed by atoms with Crippen LogP contribution in [0.25, 0.3) is 0 Å². The summed E-state index contributed by atoms with van der Waals surface area (Å²) in [5.41, 5.74) is 0.945. The summed E-state index contributed by atoms with van der Waals surface area (Å²) in [5, 5.41) is 6.85. The van der Waals surface area contributed by atoms with Crippen molar-refractivity contribution in [3.63, 3.8) is 0 Å². The van der Waals surface area contributed by atoms with Crippen LogP contribution in [-0.4, -0.2) is 26.1 Å². The molecule has 2 rings (SSSR count). The molecule has 104 valence electrons. The number of carbonyl (C=O) groups excluding carboxylic acids is 1. The van der Waals surface area contributed by atoms with Gasteiger partial charge in [-0.15, -0.1) is 0 Å². The smallest absolute Gasteiger partial charge is 0.223 e. The summed E-state index contributed by atoms with van der Waals surface area (Å²) in [4.78, 5) is 11.4. The maximum atomic E-state index is 11.4. The fraction of sp³-hybridized carbons (Fsp3) is 0.500. The third kappa shape index (κ3) is 4.11. The number of hydrogen-bond acceptors (Lipinski definition) is 3. The summed E-state index contributed by atoms with van der Waals surface area (Å²) < 4.78 is 5.27. The Morgan fingerprint density at radius 3 is 2.89 bits per heavy atom. The Balaban J connectivity index is 1.71. The van der Waals surface area contributed by atoms with Crippen LogP contribution in [0.4, 0.5) is 0 Å². The van der Waals surface area contributed by atoms with E-state index in [2.05, 4.69) is 10.6 Å². The van der Waals surface area contributed by atoms with Crippen molar-refractivity contribution in [3.8, 4) is 5.75 Å². The van der Waals surface area contributed by atoms with E-state index in [1.54, 1.807) is 7.11 Å². The maximum Gasteiger partial charge on any atom is 0.223 e. The lowest BCUT2D eigenvalue weighted by Gasteiger charge is -2.11. The van der Waals surface area contributed by atoms with Gasteiger partial charge in [-0.25, -0.2) is 0 Å². The molecule has 1 fully saturated rings. The quantitative estimate of drug-likeness (QED) is 0.752. The molecule has 1 saturated carbocycles. The van der Waals surface area contributed by atoms with E-state index in [1.165, 1.54) is 0 Å². The predicted octanol–water partition coefficient (Wildman–Crippen LogP) is 1.96. The van der Waals surface area contributed by atoms with Gasteiger partial charge in [0.05, 0.1) is 7.11 Å². The zero-order chi connectivity index (χ0) is 13.7. The van der Waals surface area contributed by atoms with E-state index in [1.807, 2.05) is 18.2 Å². The molecule has 1 aromatic carbocycles. The van der Waals surface area contributed by atoms with Gasteiger partial charge in [0, 0.05) is 36.1 Å². The lowest BCUT2D eigenvalue weighted by atomic mass is 10.2. The number of methoxy groups -OCH3 is 1. The highest BCUT2D eigenvalue weighted by Crippen LogP contribution is 2.28. The SMILES string of the molecule is COc1cccc(Cl)c1CNCCNC(=O)C1CC1. The molecule has 1 amide bonds. The largest absolute Gasteiger partial charge is 0.496 e. The summed E-state index contributed by atoms with van der Waals surface area (Å²) >= 11 is 6.13. The summed E-state index contributed by atoms with van der Waals surface area (Å²) in [6.45, 7) is 1.98. The van der Waals surface area contributed by atoms with Crippen LogP contribution in [0.15, 0.2) is 18.2 Å². The van der Waals surface area contributed by atoms with Gasteiger partial charge in [-0.2, -0.15) is 0 Å². The monoisotopic (exact) mass is 282 g/mol. The van der Waals surface area contributed by atoms with Crippen molar-refractivity contribution in [2.24, 2.45) is 5.92 Å². The molecule has 0 radical (unpaired) electrons. The molecule has 1 aromatic rings. The Morgan fingerprint density at radius 2 is 2.21 bits per heavy atom. The van der Waals surface area contributed by atoms with Crippen LogP contribution in [-0.2, 0) is 11.3 Å². The molecule has 0 aliphatic heterocycles. The first-order valence-electron chi connectivity index (χ1n) is 6.52. The van der Waals surface area contributed by atoms with Gasteiger partial charge in [0.25, 0.3) is 0 Å². The second kappa shape index (κ2) is 6.78. The van der Waals surface area contributed by atoms with Crippen molar-refractivity contribution in [3.05, 3.63) is 28.8 Å².